The van der Waals surface area contributed by atoms with Gasteiger partial charge in [0.05, 0.1) is 13.5 Å². The maximum atomic E-state index is 13.2. The quantitative estimate of drug-likeness (QED) is 0.818. The van der Waals surface area contributed by atoms with Crippen molar-refractivity contribution in [3.05, 3.63) is 70.8 Å². The van der Waals surface area contributed by atoms with E-state index in [2.05, 4.69) is 5.32 Å². The molecule has 0 unspecified atom stereocenters. The number of halogens is 2. The number of hydrogen-bond donors (Lipinski definition) is 1. The van der Waals surface area contributed by atoms with Gasteiger partial charge in [0.15, 0.2) is 11.6 Å². The zero-order chi connectivity index (χ0) is 18.4. The summed E-state index contributed by atoms with van der Waals surface area (Å²) in [6.07, 6.45) is 0.112. The number of carbonyl (C=O) groups is 2. The van der Waals surface area contributed by atoms with Crippen molar-refractivity contribution in [3.8, 4) is 0 Å². The first-order valence-corrected chi connectivity index (χ1v) is 7.76. The van der Waals surface area contributed by atoms with Gasteiger partial charge in [-0.1, -0.05) is 30.3 Å². The number of benzene rings is 2. The SMILES string of the molecule is COC(=O)[C@@H](Cc1ccccc1C)NC(=O)Cc1ccc(F)c(F)c1. The summed E-state index contributed by atoms with van der Waals surface area (Å²) in [6, 6.07) is 9.90. The van der Waals surface area contributed by atoms with Crippen molar-refractivity contribution in [2.24, 2.45) is 0 Å². The van der Waals surface area contributed by atoms with E-state index in [1.807, 2.05) is 31.2 Å². The fraction of sp³-hybridized carbons (Fsp3) is 0.263. The molecule has 2 aromatic carbocycles. The van der Waals surface area contributed by atoms with Crippen molar-refractivity contribution < 1.29 is 23.1 Å². The third-order valence-corrected chi connectivity index (χ3v) is 3.85. The van der Waals surface area contributed by atoms with Gasteiger partial charge in [-0.3, -0.25) is 4.79 Å². The van der Waals surface area contributed by atoms with E-state index in [1.165, 1.54) is 13.2 Å². The van der Waals surface area contributed by atoms with Gasteiger partial charge in [0.2, 0.25) is 5.91 Å². The number of carbonyl (C=O) groups excluding carboxylic acids is 2. The summed E-state index contributed by atoms with van der Waals surface area (Å²) in [5, 5.41) is 2.60. The highest BCUT2D eigenvalue weighted by molar-refractivity contribution is 5.85. The van der Waals surface area contributed by atoms with Crippen molar-refractivity contribution in [2.75, 3.05) is 7.11 Å². The molecule has 0 heterocycles. The van der Waals surface area contributed by atoms with Crippen molar-refractivity contribution >= 4 is 11.9 Å². The molecule has 25 heavy (non-hydrogen) atoms. The Labute approximate surface area is 144 Å². The highest BCUT2D eigenvalue weighted by Gasteiger charge is 2.22. The van der Waals surface area contributed by atoms with Crippen LogP contribution in [0.1, 0.15) is 16.7 Å². The van der Waals surface area contributed by atoms with Crippen LogP contribution in [-0.4, -0.2) is 25.0 Å². The first kappa shape index (κ1) is 18.6. The Balaban J connectivity index is 2.08. The molecular weight excluding hydrogens is 328 g/mol. The third kappa shape index (κ3) is 5.11. The summed E-state index contributed by atoms with van der Waals surface area (Å²) in [5.74, 6) is -3.04. The Hall–Kier alpha value is -2.76. The van der Waals surface area contributed by atoms with Gasteiger partial charge in [0.25, 0.3) is 0 Å². The number of amides is 1. The molecule has 6 heteroatoms. The van der Waals surface area contributed by atoms with Gasteiger partial charge in [-0.25, -0.2) is 13.6 Å². The molecule has 4 nitrogen and oxygen atoms in total. The van der Waals surface area contributed by atoms with E-state index in [-0.39, 0.29) is 12.8 Å². The minimum atomic E-state index is -1.02. The van der Waals surface area contributed by atoms with E-state index >= 15 is 0 Å². The van der Waals surface area contributed by atoms with Crippen LogP contribution < -0.4 is 5.32 Å². The van der Waals surface area contributed by atoms with E-state index in [9.17, 15) is 18.4 Å². The molecular formula is C19H19F2NO3. The predicted molar refractivity (Wildman–Crippen MR) is 88.9 cm³/mol. The molecule has 1 N–H and O–H groups in total. The monoisotopic (exact) mass is 347 g/mol. The molecule has 2 rings (SSSR count). The summed E-state index contributed by atoms with van der Waals surface area (Å²) in [6.45, 7) is 1.91. The minimum Gasteiger partial charge on any atom is -0.467 e. The Kier molecular flexibility index (Phi) is 6.22. The van der Waals surface area contributed by atoms with Crippen molar-refractivity contribution in [2.45, 2.75) is 25.8 Å². The molecule has 0 aliphatic rings. The molecule has 0 aliphatic heterocycles. The number of hydrogen-bond acceptors (Lipinski definition) is 3. The molecule has 0 radical (unpaired) electrons. The molecule has 0 spiro atoms. The Morgan fingerprint density at radius 1 is 1.12 bits per heavy atom. The van der Waals surface area contributed by atoms with Crippen LogP contribution in [0.25, 0.3) is 0 Å². The van der Waals surface area contributed by atoms with Crippen LogP contribution >= 0.6 is 0 Å². The second-order valence-corrected chi connectivity index (χ2v) is 5.70. The standard InChI is InChI=1S/C19H19F2NO3/c1-12-5-3-4-6-14(12)11-17(19(24)25-2)22-18(23)10-13-7-8-15(20)16(21)9-13/h3-9,17H,10-11H2,1-2H3,(H,22,23)/t17-/m1/s1. The Bertz CT molecular complexity index is 777. The highest BCUT2D eigenvalue weighted by atomic mass is 19.2. The van der Waals surface area contributed by atoms with Crippen LogP contribution in [0, 0.1) is 18.6 Å². The van der Waals surface area contributed by atoms with Crippen LogP contribution in [0.3, 0.4) is 0 Å². The average molecular weight is 347 g/mol. The molecule has 0 bridgehead atoms. The Morgan fingerprint density at radius 2 is 1.84 bits per heavy atom. The maximum Gasteiger partial charge on any atom is 0.328 e. The van der Waals surface area contributed by atoms with Gasteiger partial charge in [0, 0.05) is 6.42 Å². The van der Waals surface area contributed by atoms with Gasteiger partial charge in [0.1, 0.15) is 6.04 Å². The summed E-state index contributed by atoms with van der Waals surface area (Å²) in [5.41, 5.74) is 2.22. The molecule has 1 atom stereocenters. The van der Waals surface area contributed by atoms with Gasteiger partial charge >= 0.3 is 5.97 Å². The Morgan fingerprint density at radius 3 is 2.48 bits per heavy atom. The molecule has 0 saturated heterocycles. The zero-order valence-corrected chi connectivity index (χ0v) is 14.0. The number of esters is 1. The highest BCUT2D eigenvalue weighted by Crippen LogP contribution is 2.12. The molecule has 2 aromatic rings. The maximum absolute atomic E-state index is 13.2. The number of aryl methyl sites for hydroxylation is 1. The van der Waals surface area contributed by atoms with Crippen molar-refractivity contribution in [3.63, 3.8) is 0 Å². The van der Waals surface area contributed by atoms with Crippen LogP contribution in [0.15, 0.2) is 42.5 Å². The van der Waals surface area contributed by atoms with E-state index in [0.29, 0.717) is 5.56 Å². The molecule has 0 aromatic heterocycles. The number of rotatable bonds is 6. The van der Waals surface area contributed by atoms with Gasteiger partial charge in [-0.15, -0.1) is 0 Å². The fourth-order valence-corrected chi connectivity index (χ4v) is 2.47. The molecule has 0 aliphatic carbocycles. The van der Waals surface area contributed by atoms with Gasteiger partial charge in [-0.2, -0.15) is 0 Å². The second kappa shape index (κ2) is 8.37. The summed E-state index contributed by atoms with van der Waals surface area (Å²) >= 11 is 0. The van der Waals surface area contributed by atoms with Crippen LogP contribution in [0.5, 0.6) is 0 Å². The molecule has 1 amide bonds. The molecule has 132 valence electrons. The largest absolute Gasteiger partial charge is 0.467 e. The lowest BCUT2D eigenvalue weighted by atomic mass is 10.0. The number of ether oxygens (including phenoxy) is 1. The van der Waals surface area contributed by atoms with Crippen molar-refractivity contribution in [1.82, 2.24) is 5.32 Å². The normalized spacial score (nSPS) is 11.7. The van der Waals surface area contributed by atoms with Gasteiger partial charge in [-0.05, 0) is 35.7 Å². The van der Waals surface area contributed by atoms with E-state index in [1.54, 1.807) is 0 Å². The zero-order valence-electron chi connectivity index (χ0n) is 14.0. The summed E-state index contributed by atoms with van der Waals surface area (Å²) in [7, 11) is 1.24. The smallest absolute Gasteiger partial charge is 0.328 e. The van der Waals surface area contributed by atoms with E-state index < -0.39 is 29.6 Å². The van der Waals surface area contributed by atoms with Crippen LogP contribution in [0.4, 0.5) is 8.78 Å². The lowest BCUT2D eigenvalue weighted by Gasteiger charge is -2.18. The minimum absolute atomic E-state index is 0.168. The summed E-state index contributed by atoms with van der Waals surface area (Å²) in [4.78, 5) is 24.1. The number of methoxy groups -OCH3 is 1. The average Bonchev–Trinajstić information content (AvgIpc) is 2.58. The third-order valence-electron chi connectivity index (χ3n) is 3.85. The molecule has 0 saturated carbocycles. The lowest BCUT2D eigenvalue weighted by molar-refractivity contribution is -0.145. The van der Waals surface area contributed by atoms with Gasteiger partial charge < -0.3 is 10.1 Å². The number of nitrogens with one attached hydrogen (secondary N) is 1. The van der Waals surface area contributed by atoms with Crippen molar-refractivity contribution in [1.29, 1.82) is 0 Å². The second-order valence-electron chi connectivity index (χ2n) is 5.70. The summed E-state index contributed by atoms with van der Waals surface area (Å²) < 4.78 is 30.9. The van der Waals surface area contributed by atoms with E-state index in [4.69, 9.17) is 4.74 Å². The van der Waals surface area contributed by atoms with E-state index in [0.717, 1.165) is 23.3 Å². The van der Waals surface area contributed by atoms with Crippen LogP contribution in [-0.2, 0) is 27.2 Å². The first-order valence-electron chi connectivity index (χ1n) is 7.76. The topological polar surface area (TPSA) is 55.4 Å². The lowest BCUT2D eigenvalue weighted by Crippen LogP contribution is -2.43. The fourth-order valence-electron chi connectivity index (χ4n) is 2.47. The first-order chi connectivity index (χ1) is 11.9. The molecule has 0 fully saturated rings. The van der Waals surface area contributed by atoms with Crippen LogP contribution in [0.2, 0.25) is 0 Å². The predicted octanol–water partition coefficient (Wildman–Crippen LogP) is 2.72.